The van der Waals surface area contributed by atoms with Crippen molar-refractivity contribution in [1.82, 2.24) is 15.5 Å². The van der Waals surface area contributed by atoms with E-state index in [1.54, 1.807) is 0 Å². The molecule has 1 aliphatic carbocycles. The maximum Gasteiger partial charge on any atom is 0.231 e. The van der Waals surface area contributed by atoms with Gasteiger partial charge in [0.05, 0.1) is 5.92 Å². The Morgan fingerprint density at radius 2 is 2.25 bits per heavy atom. The predicted molar refractivity (Wildman–Crippen MR) is 60.2 cm³/mol. The summed E-state index contributed by atoms with van der Waals surface area (Å²) in [6, 6.07) is 0. The van der Waals surface area contributed by atoms with Crippen LogP contribution < -0.4 is 5.32 Å². The van der Waals surface area contributed by atoms with Crippen molar-refractivity contribution in [2.45, 2.75) is 44.9 Å². The summed E-state index contributed by atoms with van der Waals surface area (Å²) in [5.41, 5.74) is 0.414. The average Bonchev–Trinajstić information content (AvgIpc) is 3.01. The van der Waals surface area contributed by atoms with E-state index in [2.05, 4.69) is 22.4 Å². The Kier molecular flexibility index (Phi) is 2.46. The van der Waals surface area contributed by atoms with Crippen molar-refractivity contribution in [3.8, 4) is 0 Å². The number of hydrogen-bond donors (Lipinski definition) is 1. The first-order chi connectivity index (χ1) is 7.84. The summed E-state index contributed by atoms with van der Waals surface area (Å²) in [7, 11) is 0. The first-order valence-electron chi connectivity index (χ1n) is 6.37. The molecule has 3 rings (SSSR count). The fourth-order valence-electron chi connectivity index (χ4n) is 3.31. The van der Waals surface area contributed by atoms with Crippen LogP contribution in [0.25, 0.3) is 0 Å². The van der Waals surface area contributed by atoms with E-state index in [0.717, 1.165) is 31.2 Å². The molecule has 1 N–H and O–H groups in total. The standard InChI is InChI=1S/C12H19N3O/c1-2-10-14-11(16-15-10)9-7-13-8-12(9)5-3-4-6-12/h9,13H,2-8H2,1H3. The molecule has 0 amide bonds. The van der Waals surface area contributed by atoms with E-state index in [0.29, 0.717) is 11.3 Å². The number of aromatic nitrogens is 2. The minimum atomic E-state index is 0.414. The Hall–Kier alpha value is -0.900. The third-order valence-corrected chi connectivity index (χ3v) is 4.26. The molecule has 1 aromatic heterocycles. The predicted octanol–water partition coefficient (Wildman–Crippen LogP) is 1.88. The number of nitrogens with one attached hydrogen (secondary N) is 1. The smallest absolute Gasteiger partial charge is 0.231 e. The van der Waals surface area contributed by atoms with Gasteiger partial charge in [-0.2, -0.15) is 4.98 Å². The Labute approximate surface area is 95.8 Å². The van der Waals surface area contributed by atoms with E-state index in [4.69, 9.17) is 4.52 Å². The fourth-order valence-corrected chi connectivity index (χ4v) is 3.31. The van der Waals surface area contributed by atoms with Gasteiger partial charge in [-0.3, -0.25) is 0 Å². The van der Waals surface area contributed by atoms with Crippen molar-refractivity contribution in [1.29, 1.82) is 0 Å². The lowest BCUT2D eigenvalue weighted by Crippen LogP contribution is -2.25. The second-order valence-corrected chi connectivity index (χ2v) is 5.16. The number of hydrogen-bond acceptors (Lipinski definition) is 4. The zero-order valence-electron chi connectivity index (χ0n) is 9.83. The quantitative estimate of drug-likeness (QED) is 0.828. The second kappa shape index (κ2) is 3.84. The fraction of sp³-hybridized carbons (Fsp3) is 0.833. The number of aryl methyl sites for hydroxylation is 1. The van der Waals surface area contributed by atoms with Gasteiger partial charge in [0.25, 0.3) is 0 Å². The molecule has 2 heterocycles. The average molecular weight is 221 g/mol. The third-order valence-electron chi connectivity index (χ3n) is 4.26. The van der Waals surface area contributed by atoms with Crippen LogP contribution in [0, 0.1) is 5.41 Å². The van der Waals surface area contributed by atoms with Gasteiger partial charge in [-0.15, -0.1) is 0 Å². The molecule has 4 heteroatoms. The van der Waals surface area contributed by atoms with Gasteiger partial charge >= 0.3 is 0 Å². The van der Waals surface area contributed by atoms with Gasteiger partial charge in [-0.1, -0.05) is 24.9 Å². The number of rotatable bonds is 2. The molecule has 0 bridgehead atoms. The molecule has 0 aromatic carbocycles. The molecule has 88 valence electrons. The molecule has 1 saturated carbocycles. The molecule has 1 atom stereocenters. The highest BCUT2D eigenvalue weighted by Crippen LogP contribution is 2.50. The molecular formula is C12H19N3O. The highest BCUT2D eigenvalue weighted by atomic mass is 16.5. The zero-order chi connectivity index (χ0) is 11.0. The Morgan fingerprint density at radius 1 is 1.44 bits per heavy atom. The van der Waals surface area contributed by atoms with Crippen molar-refractivity contribution in [3.05, 3.63) is 11.7 Å². The molecule has 2 fully saturated rings. The first kappa shape index (κ1) is 10.3. The van der Waals surface area contributed by atoms with Crippen LogP contribution in [-0.4, -0.2) is 23.2 Å². The van der Waals surface area contributed by atoms with Crippen molar-refractivity contribution < 1.29 is 4.52 Å². The van der Waals surface area contributed by atoms with Gasteiger partial charge in [-0.25, -0.2) is 0 Å². The lowest BCUT2D eigenvalue weighted by molar-refractivity contribution is 0.241. The summed E-state index contributed by atoms with van der Waals surface area (Å²) in [6.07, 6.45) is 6.19. The maximum absolute atomic E-state index is 5.43. The van der Waals surface area contributed by atoms with Gasteiger partial charge in [0.15, 0.2) is 5.82 Å². The molecule has 0 radical (unpaired) electrons. The van der Waals surface area contributed by atoms with Crippen LogP contribution in [0.1, 0.15) is 50.2 Å². The van der Waals surface area contributed by atoms with Crippen molar-refractivity contribution in [2.24, 2.45) is 5.41 Å². The van der Waals surface area contributed by atoms with Gasteiger partial charge in [0, 0.05) is 19.5 Å². The molecule has 1 spiro atoms. The van der Waals surface area contributed by atoms with E-state index in [-0.39, 0.29) is 0 Å². The Bertz CT molecular complexity index is 363. The van der Waals surface area contributed by atoms with Crippen LogP contribution >= 0.6 is 0 Å². The second-order valence-electron chi connectivity index (χ2n) is 5.16. The van der Waals surface area contributed by atoms with Gasteiger partial charge in [-0.05, 0) is 18.3 Å². The minimum Gasteiger partial charge on any atom is -0.339 e. The van der Waals surface area contributed by atoms with Crippen molar-refractivity contribution >= 4 is 0 Å². The molecule has 16 heavy (non-hydrogen) atoms. The first-order valence-corrected chi connectivity index (χ1v) is 6.37. The molecule has 1 saturated heterocycles. The largest absolute Gasteiger partial charge is 0.339 e. The summed E-state index contributed by atoms with van der Waals surface area (Å²) in [6.45, 7) is 4.19. The maximum atomic E-state index is 5.43. The van der Waals surface area contributed by atoms with Gasteiger partial charge in [0.1, 0.15) is 0 Å². The van der Waals surface area contributed by atoms with E-state index in [9.17, 15) is 0 Å². The third kappa shape index (κ3) is 1.47. The van der Waals surface area contributed by atoms with E-state index in [1.165, 1.54) is 25.7 Å². The molecule has 1 aliphatic heterocycles. The molecule has 1 aromatic rings. The SMILES string of the molecule is CCc1noc(C2CNCC23CCCC3)n1. The van der Waals surface area contributed by atoms with Crippen LogP contribution in [0.15, 0.2) is 4.52 Å². The minimum absolute atomic E-state index is 0.414. The normalized spacial score (nSPS) is 27.9. The van der Waals surface area contributed by atoms with Crippen LogP contribution in [-0.2, 0) is 6.42 Å². The molecule has 2 aliphatic rings. The zero-order valence-corrected chi connectivity index (χ0v) is 9.83. The summed E-state index contributed by atoms with van der Waals surface area (Å²) < 4.78 is 5.43. The van der Waals surface area contributed by atoms with Crippen LogP contribution in [0.5, 0.6) is 0 Å². The summed E-state index contributed by atoms with van der Waals surface area (Å²) in [5.74, 6) is 2.15. The van der Waals surface area contributed by atoms with E-state index >= 15 is 0 Å². The van der Waals surface area contributed by atoms with Crippen LogP contribution in [0.2, 0.25) is 0 Å². The van der Waals surface area contributed by atoms with Crippen molar-refractivity contribution in [3.63, 3.8) is 0 Å². The summed E-state index contributed by atoms with van der Waals surface area (Å²) in [4.78, 5) is 4.51. The van der Waals surface area contributed by atoms with Gasteiger partial charge < -0.3 is 9.84 Å². The highest BCUT2D eigenvalue weighted by molar-refractivity contribution is 5.10. The van der Waals surface area contributed by atoms with E-state index in [1.807, 2.05) is 0 Å². The van der Waals surface area contributed by atoms with Crippen LogP contribution in [0.3, 0.4) is 0 Å². The number of nitrogens with zero attached hydrogens (tertiary/aromatic N) is 2. The lowest BCUT2D eigenvalue weighted by atomic mass is 9.76. The topological polar surface area (TPSA) is 51.0 Å². The summed E-state index contributed by atoms with van der Waals surface area (Å²) >= 11 is 0. The molecule has 4 nitrogen and oxygen atoms in total. The summed E-state index contributed by atoms with van der Waals surface area (Å²) in [5, 5.41) is 7.52. The van der Waals surface area contributed by atoms with Crippen molar-refractivity contribution in [2.75, 3.05) is 13.1 Å². The van der Waals surface area contributed by atoms with Gasteiger partial charge in [0.2, 0.25) is 5.89 Å². The highest BCUT2D eigenvalue weighted by Gasteiger charge is 2.47. The van der Waals surface area contributed by atoms with Crippen LogP contribution in [0.4, 0.5) is 0 Å². The van der Waals surface area contributed by atoms with E-state index < -0.39 is 0 Å². The Balaban J connectivity index is 1.87. The Morgan fingerprint density at radius 3 is 2.94 bits per heavy atom. The monoisotopic (exact) mass is 221 g/mol. The lowest BCUT2D eigenvalue weighted by Gasteiger charge is -2.27. The molecule has 1 unspecified atom stereocenters. The molecular weight excluding hydrogens is 202 g/mol.